The summed E-state index contributed by atoms with van der Waals surface area (Å²) in [6, 6.07) is 1.24. The summed E-state index contributed by atoms with van der Waals surface area (Å²) in [5.74, 6) is -1.45. The van der Waals surface area contributed by atoms with E-state index in [1.165, 1.54) is 0 Å². The van der Waals surface area contributed by atoms with Gasteiger partial charge in [-0.2, -0.15) is 0 Å². The van der Waals surface area contributed by atoms with Crippen LogP contribution >= 0.6 is 12.4 Å². The van der Waals surface area contributed by atoms with Gasteiger partial charge < -0.3 is 21.1 Å². The van der Waals surface area contributed by atoms with E-state index in [-0.39, 0.29) is 18.0 Å². The van der Waals surface area contributed by atoms with E-state index in [4.69, 9.17) is 15.9 Å². The second-order valence-electron chi connectivity index (χ2n) is 2.95. The van der Waals surface area contributed by atoms with Gasteiger partial charge in [0.2, 0.25) is 5.75 Å². The van der Waals surface area contributed by atoms with Gasteiger partial charge in [0.15, 0.2) is 5.75 Å². The van der Waals surface area contributed by atoms with E-state index < -0.39 is 34.8 Å². The van der Waals surface area contributed by atoms with Crippen LogP contribution in [0, 0.1) is 10.1 Å². The Bertz CT molecular complexity index is 398. The number of nitrogens with two attached hydrogens (primary N) is 1. The third-order valence-corrected chi connectivity index (χ3v) is 1.91. The molecule has 1 aromatic carbocycles. The molecule has 1 rings (SSSR count). The fourth-order valence-corrected chi connectivity index (χ4v) is 1.08. The van der Waals surface area contributed by atoms with Gasteiger partial charge >= 0.3 is 5.69 Å². The van der Waals surface area contributed by atoms with Crippen molar-refractivity contribution in [1.29, 1.82) is 0 Å². The molecule has 0 aliphatic rings. The number of rotatable bonds is 3. The number of benzene rings is 1. The summed E-state index contributed by atoms with van der Waals surface area (Å²) in [7, 11) is 0. The van der Waals surface area contributed by atoms with Crippen LogP contribution in [0.2, 0.25) is 0 Å². The summed E-state index contributed by atoms with van der Waals surface area (Å²) in [5.41, 5.74) is 4.95. The van der Waals surface area contributed by atoms with Crippen LogP contribution in [0.3, 0.4) is 0 Å². The number of phenols is 2. The van der Waals surface area contributed by atoms with Crippen molar-refractivity contribution < 1.29 is 20.2 Å². The number of phenolic OH excluding ortho intramolecular Hbond substituents is 2. The highest BCUT2D eigenvalue weighted by Gasteiger charge is 2.20. The molecule has 0 amide bonds. The molecule has 0 aliphatic heterocycles. The smallest absolute Gasteiger partial charge is 0.314 e. The number of aromatic hydroxyl groups is 2. The van der Waals surface area contributed by atoms with Gasteiger partial charge in [-0.15, -0.1) is 12.4 Å². The SMILES string of the molecule is Cl.N[C@H](CO)c1cc(O)c(O)c([N+](=O)[O-])c1. The Kier molecular flexibility index (Phi) is 4.96. The van der Waals surface area contributed by atoms with E-state index in [2.05, 4.69) is 0 Å². The van der Waals surface area contributed by atoms with Crippen molar-refractivity contribution >= 4 is 18.1 Å². The molecule has 0 unspecified atom stereocenters. The van der Waals surface area contributed by atoms with Crippen molar-refractivity contribution in [3.8, 4) is 11.5 Å². The van der Waals surface area contributed by atoms with Crippen molar-refractivity contribution in [1.82, 2.24) is 0 Å². The summed E-state index contributed by atoms with van der Waals surface area (Å²) >= 11 is 0. The topological polar surface area (TPSA) is 130 Å². The lowest BCUT2D eigenvalue weighted by atomic mass is 10.1. The van der Waals surface area contributed by atoms with Crippen LogP contribution < -0.4 is 5.73 Å². The zero-order chi connectivity index (χ0) is 11.6. The molecular weight excluding hydrogens is 240 g/mol. The first-order chi connectivity index (χ1) is 6.97. The second-order valence-corrected chi connectivity index (χ2v) is 2.95. The summed E-state index contributed by atoms with van der Waals surface area (Å²) < 4.78 is 0. The Morgan fingerprint density at radius 2 is 2.00 bits per heavy atom. The number of aliphatic hydroxyl groups is 1. The third kappa shape index (κ3) is 2.72. The summed E-state index contributed by atoms with van der Waals surface area (Å²) in [6.45, 7) is -0.415. The molecule has 0 aliphatic carbocycles. The molecule has 0 saturated heterocycles. The van der Waals surface area contributed by atoms with Crippen LogP contribution in [0.25, 0.3) is 0 Å². The average Bonchev–Trinajstić information content (AvgIpc) is 2.20. The fraction of sp³-hybridized carbons (Fsp3) is 0.250. The quantitative estimate of drug-likeness (QED) is 0.349. The fourth-order valence-electron chi connectivity index (χ4n) is 1.08. The summed E-state index contributed by atoms with van der Waals surface area (Å²) in [6.07, 6.45) is 0. The van der Waals surface area contributed by atoms with Crippen LogP contribution in [-0.4, -0.2) is 26.8 Å². The van der Waals surface area contributed by atoms with Crippen LogP contribution in [0.4, 0.5) is 5.69 Å². The molecule has 0 heterocycles. The molecule has 5 N–H and O–H groups in total. The maximum absolute atomic E-state index is 10.5. The van der Waals surface area contributed by atoms with Gasteiger partial charge in [0.1, 0.15) is 0 Å². The Morgan fingerprint density at radius 1 is 1.44 bits per heavy atom. The molecule has 0 fully saturated rings. The van der Waals surface area contributed by atoms with Crippen molar-refractivity contribution in [3.63, 3.8) is 0 Å². The second kappa shape index (κ2) is 5.50. The predicted molar refractivity (Wildman–Crippen MR) is 57.7 cm³/mol. The molecular formula is C8H11ClN2O5. The van der Waals surface area contributed by atoms with Gasteiger partial charge in [-0.25, -0.2) is 0 Å². The van der Waals surface area contributed by atoms with Crippen LogP contribution in [-0.2, 0) is 0 Å². The van der Waals surface area contributed by atoms with Crippen molar-refractivity contribution in [2.75, 3.05) is 6.61 Å². The number of nitro groups is 1. The van der Waals surface area contributed by atoms with Gasteiger partial charge in [-0.05, 0) is 11.6 Å². The highest BCUT2D eigenvalue weighted by Crippen LogP contribution is 2.37. The van der Waals surface area contributed by atoms with Crippen LogP contribution in [0.15, 0.2) is 12.1 Å². The molecule has 7 nitrogen and oxygen atoms in total. The van der Waals surface area contributed by atoms with Gasteiger partial charge in [0.05, 0.1) is 17.6 Å². The number of nitro benzene ring substituents is 1. The molecule has 0 spiro atoms. The molecule has 1 atom stereocenters. The zero-order valence-electron chi connectivity index (χ0n) is 8.03. The highest BCUT2D eigenvalue weighted by atomic mass is 35.5. The van der Waals surface area contributed by atoms with E-state index in [1.807, 2.05) is 0 Å². The van der Waals surface area contributed by atoms with Crippen LogP contribution in [0.5, 0.6) is 11.5 Å². The van der Waals surface area contributed by atoms with E-state index in [0.29, 0.717) is 0 Å². The maximum atomic E-state index is 10.5. The number of halogens is 1. The van der Waals surface area contributed by atoms with Gasteiger partial charge in [0.25, 0.3) is 0 Å². The Morgan fingerprint density at radius 3 is 2.44 bits per heavy atom. The minimum atomic E-state index is -0.845. The molecule has 0 radical (unpaired) electrons. The molecule has 1 aromatic rings. The van der Waals surface area contributed by atoms with E-state index in [9.17, 15) is 15.2 Å². The summed E-state index contributed by atoms with van der Waals surface area (Å²) in [5, 5.41) is 37.5. The minimum absolute atomic E-state index is 0. The largest absolute Gasteiger partial charge is 0.504 e. The number of nitrogens with zero attached hydrogens (tertiary/aromatic N) is 1. The molecule has 0 aromatic heterocycles. The van der Waals surface area contributed by atoms with Gasteiger partial charge in [0, 0.05) is 6.07 Å². The average molecular weight is 251 g/mol. The molecule has 0 saturated carbocycles. The molecule has 90 valence electrons. The Labute approximate surface area is 96.7 Å². The van der Waals surface area contributed by atoms with Crippen molar-refractivity contribution in [2.45, 2.75) is 6.04 Å². The summed E-state index contributed by atoms with van der Waals surface area (Å²) in [4.78, 5) is 9.62. The standard InChI is InChI=1S/C8H10N2O5.ClH/c9-5(3-11)4-1-6(10(14)15)8(13)7(12)2-4;/h1-2,5,11-13H,3,9H2;1H/t5-;/m1./s1. The lowest BCUT2D eigenvalue weighted by Crippen LogP contribution is -2.14. The van der Waals surface area contributed by atoms with Crippen LogP contribution in [0.1, 0.15) is 11.6 Å². The number of aliphatic hydroxyl groups excluding tert-OH is 1. The lowest BCUT2D eigenvalue weighted by molar-refractivity contribution is -0.386. The minimum Gasteiger partial charge on any atom is -0.504 e. The Balaban J connectivity index is 0.00000225. The zero-order valence-corrected chi connectivity index (χ0v) is 8.85. The van der Waals surface area contributed by atoms with Crippen molar-refractivity contribution in [3.05, 3.63) is 27.8 Å². The van der Waals surface area contributed by atoms with E-state index in [1.54, 1.807) is 0 Å². The monoisotopic (exact) mass is 250 g/mol. The normalized spacial score (nSPS) is 11.6. The number of hydrogen-bond acceptors (Lipinski definition) is 6. The first kappa shape index (κ1) is 14.4. The molecule has 0 bridgehead atoms. The molecule has 8 heteroatoms. The first-order valence-electron chi connectivity index (χ1n) is 4.04. The van der Waals surface area contributed by atoms with E-state index in [0.717, 1.165) is 12.1 Å². The highest BCUT2D eigenvalue weighted by molar-refractivity contribution is 5.85. The predicted octanol–water partition coefficient (Wildman–Crippen LogP) is 0.420. The van der Waals surface area contributed by atoms with Gasteiger partial charge in [-0.1, -0.05) is 0 Å². The lowest BCUT2D eigenvalue weighted by Gasteiger charge is -2.09. The Hall–Kier alpha value is -1.57. The molecule has 16 heavy (non-hydrogen) atoms. The van der Waals surface area contributed by atoms with E-state index >= 15 is 0 Å². The maximum Gasteiger partial charge on any atom is 0.314 e. The van der Waals surface area contributed by atoms with Crippen molar-refractivity contribution in [2.24, 2.45) is 5.73 Å². The van der Waals surface area contributed by atoms with Gasteiger partial charge in [-0.3, -0.25) is 10.1 Å². The first-order valence-corrected chi connectivity index (χ1v) is 4.04. The third-order valence-electron chi connectivity index (χ3n) is 1.91. The number of hydrogen-bond donors (Lipinski definition) is 4.